The Morgan fingerprint density at radius 3 is 2.84 bits per heavy atom. The van der Waals surface area contributed by atoms with Crippen LogP contribution in [0.25, 0.3) is 0 Å². The lowest BCUT2D eigenvalue weighted by atomic mass is 10.2. The molecule has 2 aliphatic rings. The van der Waals surface area contributed by atoms with Crippen molar-refractivity contribution in [1.82, 2.24) is 14.5 Å². The predicted molar refractivity (Wildman–Crippen MR) is 115 cm³/mol. The zero-order valence-corrected chi connectivity index (χ0v) is 17.7. The third-order valence-electron chi connectivity index (χ3n) is 5.36. The second-order valence-electron chi connectivity index (χ2n) is 7.44. The van der Waals surface area contributed by atoms with Crippen LogP contribution >= 0.6 is 0 Å². The van der Waals surface area contributed by atoms with Crippen LogP contribution in [0, 0.1) is 0 Å². The lowest BCUT2D eigenvalue weighted by Gasteiger charge is -2.31. The molecule has 164 valence electrons. The van der Waals surface area contributed by atoms with Crippen LogP contribution in [0.2, 0.25) is 0 Å². The van der Waals surface area contributed by atoms with Crippen molar-refractivity contribution in [1.29, 1.82) is 0 Å². The fraction of sp³-hybridized carbons (Fsp3) is 0.455. The third-order valence-corrected chi connectivity index (χ3v) is 5.36. The molecule has 31 heavy (non-hydrogen) atoms. The zero-order chi connectivity index (χ0) is 21.6. The van der Waals surface area contributed by atoms with Crippen molar-refractivity contribution in [2.75, 3.05) is 50.9 Å². The maximum atomic E-state index is 12.8. The summed E-state index contributed by atoms with van der Waals surface area (Å²) in [5, 5.41) is 0. The Balaban J connectivity index is 1.62. The lowest BCUT2D eigenvalue weighted by Crippen LogP contribution is -2.40. The molecule has 0 aromatic carbocycles. The van der Waals surface area contributed by atoms with Crippen molar-refractivity contribution in [3.63, 3.8) is 0 Å². The van der Waals surface area contributed by atoms with Gasteiger partial charge in [0, 0.05) is 43.8 Å². The van der Waals surface area contributed by atoms with Crippen molar-refractivity contribution < 1.29 is 19.1 Å². The highest BCUT2D eigenvalue weighted by Crippen LogP contribution is 2.34. The summed E-state index contributed by atoms with van der Waals surface area (Å²) in [7, 11) is 0. The number of amides is 1. The van der Waals surface area contributed by atoms with Crippen molar-refractivity contribution in [2.45, 2.75) is 19.8 Å². The van der Waals surface area contributed by atoms with Gasteiger partial charge in [-0.05, 0) is 18.6 Å². The monoisotopic (exact) mass is 425 g/mol. The minimum atomic E-state index is -0.0666. The molecule has 9 heteroatoms. The first-order chi connectivity index (χ1) is 15.2. The quantitative estimate of drug-likeness (QED) is 0.516. The Labute approximate surface area is 180 Å². The minimum absolute atomic E-state index is 0.0666. The molecule has 2 aliphatic heterocycles. The summed E-state index contributed by atoms with van der Waals surface area (Å²) in [6.07, 6.45) is 6.06. The number of fused-ring (bicyclic) bond motifs is 1. The van der Waals surface area contributed by atoms with Crippen LogP contribution in [0.4, 0.5) is 11.5 Å². The summed E-state index contributed by atoms with van der Waals surface area (Å²) in [5.74, 6) is 1.15. The molecule has 0 radical (unpaired) electrons. The summed E-state index contributed by atoms with van der Waals surface area (Å²) < 4.78 is 12.6. The molecule has 1 fully saturated rings. The molecule has 2 aromatic heterocycles. The second kappa shape index (κ2) is 9.74. The number of aromatic nitrogens is 2. The molecule has 9 nitrogen and oxygen atoms in total. The van der Waals surface area contributed by atoms with Crippen LogP contribution < -0.4 is 15.1 Å². The number of hydrogen-bond acceptors (Lipinski definition) is 7. The molecule has 1 amide bonds. The van der Waals surface area contributed by atoms with Gasteiger partial charge in [0.2, 0.25) is 6.41 Å². The number of nitrogens with zero attached hydrogens (tertiary/aromatic N) is 5. The van der Waals surface area contributed by atoms with Gasteiger partial charge in [-0.15, -0.1) is 0 Å². The average molecular weight is 425 g/mol. The number of rotatable bonds is 6. The first kappa shape index (κ1) is 21.0. The van der Waals surface area contributed by atoms with Gasteiger partial charge in [-0.1, -0.05) is 13.3 Å². The summed E-state index contributed by atoms with van der Waals surface area (Å²) in [4.78, 5) is 37.1. The zero-order valence-electron chi connectivity index (χ0n) is 17.7. The van der Waals surface area contributed by atoms with Gasteiger partial charge >= 0.3 is 0 Å². The van der Waals surface area contributed by atoms with Crippen LogP contribution in [0.15, 0.2) is 35.6 Å². The molecule has 1 saturated heterocycles. The highest BCUT2D eigenvalue weighted by Gasteiger charge is 2.25. The Hall–Kier alpha value is -3.20. The minimum Gasteiger partial charge on any atom is -0.488 e. The first-order valence-corrected chi connectivity index (χ1v) is 10.7. The van der Waals surface area contributed by atoms with Crippen LogP contribution in [-0.4, -0.2) is 72.8 Å². The SMILES string of the molecule is CCCCN=c1cc(N2CCOc3cc(C(=O)N4CCOCC4)cnc32)ccn1C=O. The van der Waals surface area contributed by atoms with E-state index in [0.29, 0.717) is 68.6 Å². The van der Waals surface area contributed by atoms with E-state index in [0.717, 1.165) is 24.9 Å². The number of ether oxygens (including phenoxy) is 2. The van der Waals surface area contributed by atoms with E-state index in [2.05, 4.69) is 16.9 Å². The van der Waals surface area contributed by atoms with Gasteiger partial charge in [0.1, 0.15) is 12.1 Å². The summed E-state index contributed by atoms with van der Waals surface area (Å²) >= 11 is 0. The van der Waals surface area contributed by atoms with Crippen LogP contribution in [0.5, 0.6) is 5.75 Å². The van der Waals surface area contributed by atoms with Gasteiger partial charge in [-0.3, -0.25) is 19.1 Å². The molecule has 4 heterocycles. The largest absolute Gasteiger partial charge is 0.488 e. The fourth-order valence-corrected chi connectivity index (χ4v) is 3.64. The number of hydrogen-bond donors (Lipinski definition) is 0. The molecule has 2 aromatic rings. The molecule has 0 spiro atoms. The Morgan fingerprint density at radius 2 is 2.06 bits per heavy atom. The van der Waals surface area contributed by atoms with Gasteiger partial charge in [-0.2, -0.15) is 0 Å². The number of carbonyl (C=O) groups is 2. The summed E-state index contributed by atoms with van der Waals surface area (Å²) in [5.41, 5.74) is 1.98. The topological polar surface area (TPSA) is 89.3 Å². The molecule has 0 N–H and O–H groups in total. The maximum absolute atomic E-state index is 12.8. The molecule has 0 saturated carbocycles. The van der Waals surface area contributed by atoms with E-state index in [1.54, 1.807) is 23.4 Å². The molecule has 4 rings (SSSR count). The van der Waals surface area contributed by atoms with E-state index in [9.17, 15) is 9.59 Å². The smallest absolute Gasteiger partial charge is 0.255 e. The Kier molecular flexibility index (Phi) is 6.61. The fourth-order valence-electron chi connectivity index (χ4n) is 3.64. The molecule has 0 atom stereocenters. The van der Waals surface area contributed by atoms with Gasteiger partial charge in [-0.25, -0.2) is 4.98 Å². The van der Waals surface area contributed by atoms with Crippen LogP contribution in [0.1, 0.15) is 30.1 Å². The van der Waals surface area contributed by atoms with Crippen LogP contribution in [0.3, 0.4) is 0 Å². The van der Waals surface area contributed by atoms with Crippen molar-refractivity contribution >= 4 is 23.8 Å². The highest BCUT2D eigenvalue weighted by molar-refractivity contribution is 5.95. The second-order valence-corrected chi connectivity index (χ2v) is 7.44. The predicted octanol–water partition coefficient (Wildman–Crippen LogP) is 1.63. The average Bonchev–Trinajstić information content (AvgIpc) is 2.83. The number of pyridine rings is 2. The molecular formula is C22H27N5O4. The van der Waals surface area contributed by atoms with Gasteiger partial charge in [0.25, 0.3) is 5.91 Å². The van der Waals surface area contributed by atoms with E-state index < -0.39 is 0 Å². The molecule has 0 aliphatic carbocycles. The summed E-state index contributed by atoms with van der Waals surface area (Å²) in [6.45, 7) is 6.10. The van der Waals surface area contributed by atoms with Crippen molar-refractivity contribution in [3.8, 4) is 5.75 Å². The van der Waals surface area contributed by atoms with E-state index in [4.69, 9.17) is 9.47 Å². The Morgan fingerprint density at radius 1 is 1.23 bits per heavy atom. The lowest BCUT2D eigenvalue weighted by molar-refractivity contribution is 0.0302. The van der Waals surface area contributed by atoms with Crippen molar-refractivity contribution in [3.05, 3.63) is 41.6 Å². The standard InChI is InChI=1S/C22H27N5O4/c1-2-3-5-23-20-14-18(4-6-26(20)16-28)27-9-12-31-19-13-17(15-24-21(19)27)22(29)25-7-10-30-11-8-25/h4,6,13-16H,2-3,5,7-12H2,1H3. The maximum Gasteiger partial charge on any atom is 0.255 e. The van der Waals surface area contributed by atoms with E-state index in [-0.39, 0.29) is 5.91 Å². The summed E-state index contributed by atoms with van der Waals surface area (Å²) in [6, 6.07) is 5.50. The van der Waals surface area contributed by atoms with Gasteiger partial charge < -0.3 is 19.3 Å². The number of carbonyl (C=O) groups excluding carboxylic acids is 2. The van der Waals surface area contributed by atoms with Crippen molar-refractivity contribution in [2.24, 2.45) is 4.99 Å². The highest BCUT2D eigenvalue weighted by atomic mass is 16.5. The normalized spacial score (nSPS) is 16.6. The molecule has 0 unspecified atom stereocenters. The van der Waals surface area contributed by atoms with E-state index in [1.807, 2.05) is 17.0 Å². The first-order valence-electron chi connectivity index (χ1n) is 10.7. The van der Waals surface area contributed by atoms with E-state index >= 15 is 0 Å². The van der Waals surface area contributed by atoms with E-state index in [1.165, 1.54) is 4.57 Å². The molecular weight excluding hydrogens is 398 g/mol. The third kappa shape index (κ3) is 4.61. The number of unbranched alkanes of at least 4 members (excludes halogenated alkanes) is 1. The number of anilines is 2. The van der Waals surface area contributed by atoms with Gasteiger partial charge in [0.15, 0.2) is 11.6 Å². The number of morpholine rings is 1. The molecule has 0 bridgehead atoms. The Bertz CT molecular complexity index is 1010. The van der Waals surface area contributed by atoms with Crippen LogP contribution in [-0.2, 0) is 9.53 Å². The van der Waals surface area contributed by atoms with Gasteiger partial charge in [0.05, 0.1) is 25.3 Å².